The van der Waals surface area contributed by atoms with Crippen LogP contribution in [-0.4, -0.2) is 49.7 Å². The third kappa shape index (κ3) is 3.16. The van der Waals surface area contributed by atoms with Gasteiger partial charge in [-0.2, -0.15) is 0 Å². The summed E-state index contributed by atoms with van der Waals surface area (Å²) in [6.45, 7) is 2.28. The fraction of sp³-hybridized carbons (Fsp3) is 0.385. The maximum absolute atomic E-state index is 12.0. The van der Waals surface area contributed by atoms with E-state index in [0.717, 1.165) is 5.52 Å². The number of benzene rings is 1. The number of hydrogen-bond acceptors (Lipinski definition) is 5. The zero-order valence-corrected chi connectivity index (χ0v) is 11.5. The SMILES string of the molecule is CCn1nnc2cc(C(=O)N[C@H](CCO)C(=O)O)ccc21. The Morgan fingerprint density at radius 1 is 1.43 bits per heavy atom. The second-order valence-electron chi connectivity index (χ2n) is 4.49. The first-order valence-electron chi connectivity index (χ1n) is 6.54. The van der Waals surface area contributed by atoms with E-state index in [1.807, 2.05) is 6.92 Å². The summed E-state index contributed by atoms with van der Waals surface area (Å²) in [7, 11) is 0. The number of rotatable bonds is 6. The second-order valence-corrected chi connectivity index (χ2v) is 4.49. The fourth-order valence-electron chi connectivity index (χ4n) is 1.98. The highest BCUT2D eigenvalue weighted by Gasteiger charge is 2.20. The standard InChI is InChI=1S/C13H16N4O4/c1-2-17-11-4-3-8(7-10(11)15-16-17)12(19)14-9(5-6-18)13(20)21/h3-4,7,9,18H,2,5-6H2,1H3,(H,14,19)(H,20,21)/t9-/m1/s1. The average Bonchev–Trinajstić information content (AvgIpc) is 2.88. The lowest BCUT2D eigenvalue weighted by atomic mass is 10.1. The Bertz CT molecular complexity index is 667. The molecule has 2 aromatic rings. The summed E-state index contributed by atoms with van der Waals surface area (Å²) in [4.78, 5) is 23.0. The summed E-state index contributed by atoms with van der Waals surface area (Å²) < 4.78 is 1.70. The molecule has 112 valence electrons. The minimum absolute atomic E-state index is 0.0463. The molecular weight excluding hydrogens is 276 g/mol. The van der Waals surface area contributed by atoms with Crippen LogP contribution in [0.25, 0.3) is 11.0 Å². The zero-order chi connectivity index (χ0) is 15.4. The van der Waals surface area contributed by atoms with Crippen LogP contribution in [0.4, 0.5) is 0 Å². The first-order chi connectivity index (χ1) is 10.1. The predicted octanol–water partition coefficient (Wildman–Crippen LogP) is 0.0166. The van der Waals surface area contributed by atoms with Crippen molar-refractivity contribution in [3.8, 4) is 0 Å². The number of amides is 1. The molecule has 0 spiro atoms. The van der Waals surface area contributed by atoms with Gasteiger partial charge in [-0.3, -0.25) is 4.79 Å². The molecule has 0 bridgehead atoms. The van der Waals surface area contributed by atoms with Crippen LogP contribution < -0.4 is 5.32 Å². The highest BCUT2D eigenvalue weighted by atomic mass is 16.4. The number of carboxylic acid groups (broad SMARTS) is 1. The fourth-order valence-corrected chi connectivity index (χ4v) is 1.98. The molecule has 21 heavy (non-hydrogen) atoms. The van der Waals surface area contributed by atoms with Crippen LogP contribution in [0.5, 0.6) is 0 Å². The van der Waals surface area contributed by atoms with Gasteiger partial charge in [0.05, 0.1) is 5.52 Å². The summed E-state index contributed by atoms with van der Waals surface area (Å²) in [5, 5.41) is 28.0. The van der Waals surface area contributed by atoms with Crippen molar-refractivity contribution in [3.05, 3.63) is 23.8 Å². The van der Waals surface area contributed by atoms with E-state index in [2.05, 4.69) is 15.6 Å². The second kappa shape index (κ2) is 6.31. The Balaban J connectivity index is 2.21. The van der Waals surface area contributed by atoms with E-state index in [-0.39, 0.29) is 13.0 Å². The van der Waals surface area contributed by atoms with Crippen molar-refractivity contribution >= 4 is 22.9 Å². The predicted molar refractivity (Wildman–Crippen MR) is 73.8 cm³/mol. The first kappa shape index (κ1) is 14.9. The lowest BCUT2D eigenvalue weighted by Gasteiger charge is -2.13. The lowest BCUT2D eigenvalue weighted by molar-refractivity contribution is -0.139. The molecule has 8 heteroatoms. The van der Waals surface area contributed by atoms with Gasteiger partial charge < -0.3 is 15.5 Å². The van der Waals surface area contributed by atoms with Gasteiger partial charge in [-0.1, -0.05) is 5.21 Å². The van der Waals surface area contributed by atoms with E-state index in [1.165, 1.54) is 0 Å². The van der Waals surface area contributed by atoms with Crippen LogP contribution in [0.3, 0.4) is 0 Å². The molecule has 0 aliphatic carbocycles. The molecule has 3 N–H and O–H groups in total. The summed E-state index contributed by atoms with van der Waals surface area (Å²) in [6, 6.07) is 3.74. The molecule has 1 heterocycles. The minimum Gasteiger partial charge on any atom is -0.480 e. The number of hydrogen-bond donors (Lipinski definition) is 3. The number of carbonyl (C=O) groups excluding carboxylic acids is 1. The van der Waals surface area contributed by atoms with Crippen LogP contribution in [0.2, 0.25) is 0 Å². The molecule has 0 aliphatic heterocycles. The van der Waals surface area contributed by atoms with Crippen molar-refractivity contribution in [1.29, 1.82) is 0 Å². The Morgan fingerprint density at radius 3 is 2.81 bits per heavy atom. The summed E-state index contributed by atoms with van der Waals surface area (Å²) in [5.74, 6) is -1.71. The number of aliphatic hydroxyl groups excluding tert-OH is 1. The van der Waals surface area contributed by atoms with Gasteiger partial charge in [0.15, 0.2) is 0 Å². The zero-order valence-electron chi connectivity index (χ0n) is 11.5. The average molecular weight is 292 g/mol. The monoisotopic (exact) mass is 292 g/mol. The Hall–Kier alpha value is -2.48. The van der Waals surface area contributed by atoms with E-state index >= 15 is 0 Å². The van der Waals surface area contributed by atoms with Crippen molar-refractivity contribution in [2.45, 2.75) is 25.9 Å². The molecule has 1 amide bonds. The van der Waals surface area contributed by atoms with Crippen molar-refractivity contribution in [2.24, 2.45) is 0 Å². The smallest absolute Gasteiger partial charge is 0.326 e. The van der Waals surface area contributed by atoms with Gasteiger partial charge in [0.25, 0.3) is 5.91 Å². The van der Waals surface area contributed by atoms with E-state index in [0.29, 0.717) is 17.6 Å². The van der Waals surface area contributed by atoms with Crippen molar-refractivity contribution in [3.63, 3.8) is 0 Å². The van der Waals surface area contributed by atoms with Crippen LogP contribution in [-0.2, 0) is 11.3 Å². The molecule has 8 nitrogen and oxygen atoms in total. The van der Waals surface area contributed by atoms with E-state index in [1.54, 1.807) is 22.9 Å². The van der Waals surface area contributed by atoms with E-state index < -0.39 is 17.9 Å². The van der Waals surface area contributed by atoms with Gasteiger partial charge in [0.2, 0.25) is 0 Å². The minimum atomic E-state index is -1.18. The molecule has 0 unspecified atom stereocenters. The van der Waals surface area contributed by atoms with Crippen molar-refractivity contribution < 1.29 is 19.8 Å². The number of nitrogens with one attached hydrogen (secondary N) is 1. The molecule has 1 aromatic carbocycles. The number of aryl methyl sites for hydroxylation is 1. The number of nitrogens with zero attached hydrogens (tertiary/aromatic N) is 3. The number of carbonyl (C=O) groups is 2. The third-order valence-corrected chi connectivity index (χ3v) is 3.10. The van der Waals surface area contributed by atoms with Crippen molar-refractivity contribution in [2.75, 3.05) is 6.61 Å². The molecule has 0 saturated heterocycles. The summed E-state index contributed by atoms with van der Waals surface area (Å²) >= 11 is 0. The van der Waals surface area contributed by atoms with Crippen LogP contribution in [0.15, 0.2) is 18.2 Å². The van der Waals surface area contributed by atoms with Gasteiger partial charge in [-0.25, -0.2) is 9.48 Å². The normalized spacial score (nSPS) is 12.3. The third-order valence-electron chi connectivity index (χ3n) is 3.10. The summed E-state index contributed by atoms with van der Waals surface area (Å²) in [5.41, 5.74) is 1.67. The number of carboxylic acids is 1. The summed E-state index contributed by atoms with van der Waals surface area (Å²) in [6.07, 6.45) is -0.0463. The number of fused-ring (bicyclic) bond motifs is 1. The quantitative estimate of drug-likeness (QED) is 0.690. The van der Waals surface area contributed by atoms with E-state index in [4.69, 9.17) is 10.2 Å². The van der Waals surface area contributed by atoms with Gasteiger partial charge in [-0.15, -0.1) is 5.10 Å². The Kier molecular flexibility index (Phi) is 4.49. The van der Waals surface area contributed by atoms with Crippen molar-refractivity contribution in [1.82, 2.24) is 20.3 Å². The number of aromatic nitrogens is 3. The Labute approximate surface area is 120 Å². The topological polar surface area (TPSA) is 117 Å². The number of aliphatic carboxylic acids is 1. The van der Waals surface area contributed by atoms with Crippen LogP contribution >= 0.6 is 0 Å². The molecule has 0 aliphatic rings. The van der Waals surface area contributed by atoms with Gasteiger partial charge in [0.1, 0.15) is 11.6 Å². The molecule has 0 fully saturated rings. The van der Waals surface area contributed by atoms with Crippen LogP contribution in [0.1, 0.15) is 23.7 Å². The number of aliphatic hydroxyl groups is 1. The Morgan fingerprint density at radius 2 is 2.19 bits per heavy atom. The first-order valence-corrected chi connectivity index (χ1v) is 6.54. The molecule has 0 saturated carbocycles. The largest absolute Gasteiger partial charge is 0.480 e. The highest BCUT2D eigenvalue weighted by Crippen LogP contribution is 2.13. The molecule has 0 radical (unpaired) electrons. The van der Waals surface area contributed by atoms with Gasteiger partial charge >= 0.3 is 5.97 Å². The van der Waals surface area contributed by atoms with Crippen LogP contribution in [0, 0.1) is 0 Å². The molecule has 1 atom stereocenters. The molecule has 1 aromatic heterocycles. The van der Waals surface area contributed by atoms with Gasteiger partial charge in [0, 0.05) is 25.1 Å². The maximum Gasteiger partial charge on any atom is 0.326 e. The highest BCUT2D eigenvalue weighted by molar-refractivity contribution is 5.99. The lowest BCUT2D eigenvalue weighted by Crippen LogP contribution is -2.41. The van der Waals surface area contributed by atoms with E-state index in [9.17, 15) is 9.59 Å². The maximum atomic E-state index is 12.0. The molecular formula is C13H16N4O4. The van der Waals surface area contributed by atoms with Gasteiger partial charge in [-0.05, 0) is 25.1 Å². The molecule has 2 rings (SSSR count).